The molecule has 0 unspecified atom stereocenters. The minimum Gasteiger partial charge on any atom is -0.316 e. The lowest BCUT2D eigenvalue weighted by molar-refractivity contribution is 0.0733. The Morgan fingerprint density at radius 2 is 1.84 bits per heavy atom. The number of aryl methyl sites for hydroxylation is 2. The highest BCUT2D eigenvalue weighted by atomic mass is 32.2. The molecule has 1 aromatic carbocycles. The third-order valence-electron chi connectivity index (χ3n) is 9.19. The highest BCUT2D eigenvalue weighted by Crippen LogP contribution is 2.52. The third-order valence-corrected chi connectivity index (χ3v) is 11.2. The van der Waals surface area contributed by atoms with Crippen LogP contribution in [0, 0.1) is 18.2 Å². The Hall–Kier alpha value is -4.22. The predicted octanol–water partition coefficient (Wildman–Crippen LogP) is 4.63. The number of halogens is 1. The molecule has 7 rings (SSSR count). The first-order chi connectivity index (χ1) is 21.1. The number of hydrogen-bond donors (Lipinski definition) is 0. The Labute approximate surface area is 254 Å². The standard InChI is InChI=1S/C33H32FN5O4S/c1-21-13-14-35-29(15-21)32(41)33-17-22-19-36-38(27-9-12-31(40)37(2)20-27)30(22)16-23(33)3-6-26(18-33)39(25-7-8-25)44(42,43)28-10-4-24(34)5-11-28/h4-5,9-16,19-20,25-26H,3,6-8,17-18H2,1-2H3/t26-,33-/m0/s1. The Morgan fingerprint density at radius 1 is 1.07 bits per heavy atom. The Bertz CT molecular complexity index is 1990. The zero-order valence-electron chi connectivity index (χ0n) is 24.5. The number of Topliss-reactive ketones (excluding diaryl/α,β-unsaturated/α-hetero) is 1. The maximum atomic E-state index is 14.6. The van der Waals surface area contributed by atoms with Gasteiger partial charge in [0.05, 0.1) is 27.9 Å². The quantitative estimate of drug-likeness (QED) is 0.282. The van der Waals surface area contributed by atoms with Gasteiger partial charge in [0.15, 0.2) is 5.78 Å². The SMILES string of the molecule is Cc1ccnc(C(=O)[C@]23Cc4cnn(-c5ccc(=O)n(C)c5)c4C=C2CC[C@H](N(C2CC2)S(=O)(=O)c2ccc(F)cc2)C3)c1. The van der Waals surface area contributed by atoms with Crippen LogP contribution in [0.5, 0.6) is 0 Å². The van der Waals surface area contributed by atoms with Crippen molar-refractivity contribution in [1.82, 2.24) is 23.6 Å². The van der Waals surface area contributed by atoms with Gasteiger partial charge < -0.3 is 4.57 Å². The topological polar surface area (TPSA) is 107 Å². The Kier molecular flexibility index (Phi) is 6.78. The molecule has 11 heteroatoms. The van der Waals surface area contributed by atoms with Crippen LogP contribution in [-0.2, 0) is 23.5 Å². The van der Waals surface area contributed by atoms with Crippen molar-refractivity contribution in [2.24, 2.45) is 12.5 Å². The maximum Gasteiger partial charge on any atom is 0.250 e. The molecule has 3 heterocycles. The summed E-state index contributed by atoms with van der Waals surface area (Å²) < 4.78 is 46.7. The number of benzene rings is 1. The van der Waals surface area contributed by atoms with Crippen LogP contribution >= 0.6 is 0 Å². The van der Waals surface area contributed by atoms with Gasteiger partial charge in [-0.15, -0.1) is 0 Å². The van der Waals surface area contributed by atoms with Gasteiger partial charge in [0.2, 0.25) is 15.6 Å². The van der Waals surface area contributed by atoms with Gasteiger partial charge in [-0.25, -0.2) is 17.5 Å². The summed E-state index contributed by atoms with van der Waals surface area (Å²) in [6.07, 6.45) is 10.3. The highest BCUT2D eigenvalue weighted by molar-refractivity contribution is 7.89. The van der Waals surface area contributed by atoms with Crippen LogP contribution in [0.15, 0.2) is 82.4 Å². The second-order valence-electron chi connectivity index (χ2n) is 12.2. The van der Waals surface area contributed by atoms with E-state index >= 15 is 0 Å². The molecule has 0 saturated heterocycles. The van der Waals surface area contributed by atoms with E-state index in [4.69, 9.17) is 0 Å². The van der Waals surface area contributed by atoms with Gasteiger partial charge in [-0.3, -0.25) is 14.6 Å². The summed E-state index contributed by atoms with van der Waals surface area (Å²) in [7, 11) is -2.25. The minimum absolute atomic E-state index is 0.0531. The largest absolute Gasteiger partial charge is 0.316 e. The molecule has 0 spiro atoms. The Morgan fingerprint density at radius 3 is 2.55 bits per heavy atom. The van der Waals surface area contributed by atoms with E-state index in [2.05, 4.69) is 10.1 Å². The van der Waals surface area contributed by atoms with Crippen molar-refractivity contribution in [2.75, 3.05) is 0 Å². The van der Waals surface area contributed by atoms with Gasteiger partial charge in [-0.1, -0.05) is 5.57 Å². The number of rotatable bonds is 7. The molecule has 3 aliphatic rings. The molecule has 0 bridgehead atoms. The van der Waals surface area contributed by atoms with Crippen LogP contribution in [0.2, 0.25) is 0 Å². The molecule has 2 saturated carbocycles. The van der Waals surface area contributed by atoms with Crippen molar-refractivity contribution in [3.8, 4) is 5.69 Å². The van der Waals surface area contributed by atoms with Crippen molar-refractivity contribution < 1.29 is 17.6 Å². The number of ketones is 1. The van der Waals surface area contributed by atoms with Crippen molar-refractivity contribution in [2.45, 2.75) is 62.4 Å². The number of sulfonamides is 1. The molecule has 3 aromatic heterocycles. The number of fused-ring (bicyclic) bond motifs is 2. The summed E-state index contributed by atoms with van der Waals surface area (Å²) in [6, 6.07) is 11.2. The first-order valence-corrected chi connectivity index (χ1v) is 16.2. The predicted molar refractivity (Wildman–Crippen MR) is 162 cm³/mol. The highest BCUT2D eigenvalue weighted by Gasteiger charge is 2.53. The molecule has 226 valence electrons. The van der Waals surface area contributed by atoms with E-state index in [9.17, 15) is 22.4 Å². The van der Waals surface area contributed by atoms with Gasteiger partial charge >= 0.3 is 0 Å². The lowest BCUT2D eigenvalue weighted by Crippen LogP contribution is -2.51. The monoisotopic (exact) mass is 613 g/mol. The lowest BCUT2D eigenvalue weighted by Gasteiger charge is -2.46. The molecule has 9 nitrogen and oxygen atoms in total. The first-order valence-electron chi connectivity index (χ1n) is 14.8. The van der Waals surface area contributed by atoms with Gasteiger partial charge in [-0.05, 0) is 105 Å². The van der Waals surface area contributed by atoms with Gasteiger partial charge in [0, 0.05) is 37.6 Å². The number of pyridine rings is 2. The molecule has 0 aliphatic heterocycles. The molecule has 3 aliphatic carbocycles. The van der Waals surface area contributed by atoms with Crippen molar-refractivity contribution >= 4 is 21.9 Å². The van der Waals surface area contributed by atoms with Gasteiger partial charge in [0.25, 0.3) is 0 Å². The number of allylic oxidation sites excluding steroid dienone is 1. The molecule has 2 atom stereocenters. The molecule has 44 heavy (non-hydrogen) atoms. The molecular formula is C33H32FN5O4S. The number of aromatic nitrogens is 4. The van der Waals surface area contributed by atoms with Crippen molar-refractivity contribution in [3.05, 3.63) is 111 Å². The molecule has 4 aromatic rings. The summed E-state index contributed by atoms with van der Waals surface area (Å²) in [5, 5.41) is 4.65. The van der Waals surface area contributed by atoms with Crippen molar-refractivity contribution in [1.29, 1.82) is 0 Å². The maximum absolute atomic E-state index is 14.6. The van der Waals surface area contributed by atoms with Crippen LogP contribution in [0.4, 0.5) is 4.39 Å². The number of nitrogens with zero attached hydrogens (tertiary/aromatic N) is 5. The molecule has 0 amide bonds. The van der Waals surface area contributed by atoms with Crippen LogP contribution in [0.1, 0.15) is 59.4 Å². The van der Waals surface area contributed by atoms with E-state index in [1.54, 1.807) is 46.8 Å². The van der Waals surface area contributed by atoms with E-state index in [1.165, 1.54) is 34.9 Å². The number of carbonyl (C=O) groups excluding carboxylic acids is 1. The summed E-state index contributed by atoms with van der Waals surface area (Å²) in [6.45, 7) is 1.91. The van der Waals surface area contributed by atoms with E-state index in [1.807, 2.05) is 19.1 Å². The molecule has 0 N–H and O–H groups in total. The van der Waals surface area contributed by atoms with E-state index in [-0.39, 0.29) is 22.3 Å². The normalized spacial score (nSPS) is 21.5. The van der Waals surface area contributed by atoms with Gasteiger partial charge in [0.1, 0.15) is 11.5 Å². The summed E-state index contributed by atoms with van der Waals surface area (Å²) in [5.74, 6) is -0.631. The second kappa shape index (κ2) is 10.4. The zero-order chi connectivity index (χ0) is 30.8. The summed E-state index contributed by atoms with van der Waals surface area (Å²) >= 11 is 0. The summed E-state index contributed by atoms with van der Waals surface area (Å²) in [4.78, 5) is 31.1. The van der Waals surface area contributed by atoms with E-state index < -0.39 is 27.3 Å². The smallest absolute Gasteiger partial charge is 0.250 e. The lowest BCUT2D eigenvalue weighted by atomic mass is 9.60. The fourth-order valence-electron chi connectivity index (χ4n) is 6.86. The third kappa shape index (κ3) is 4.75. The summed E-state index contributed by atoms with van der Waals surface area (Å²) in [5.41, 5.74) is 3.48. The fourth-order valence-corrected chi connectivity index (χ4v) is 8.76. The van der Waals surface area contributed by atoms with Crippen LogP contribution in [0.25, 0.3) is 11.8 Å². The molecule has 0 radical (unpaired) electrons. The van der Waals surface area contributed by atoms with E-state index in [0.29, 0.717) is 31.4 Å². The van der Waals surface area contributed by atoms with Gasteiger partial charge in [-0.2, -0.15) is 9.40 Å². The van der Waals surface area contributed by atoms with E-state index in [0.717, 1.165) is 40.9 Å². The fraction of sp³-hybridized carbons (Fsp3) is 0.333. The average molecular weight is 614 g/mol. The van der Waals surface area contributed by atoms with Crippen LogP contribution in [-0.4, -0.2) is 49.9 Å². The average Bonchev–Trinajstić information content (AvgIpc) is 3.75. The minimum atomic E-state index is -3.94. The molecular weight excluding hydrogens is 581 g/mol. The van der Waals surface area contributed by atoms with Crippen molar-refractivity contribution in [3.63, 3.8) is 0 Å². The van der Waals surface area contributed by atoms with Crippen LogP contribution in [0.3, 0.4) is 0 Å². The molecule has 2 fully saturated rings. The Balaban J connectivity index is 1.33. The second-order valence-corrected chi connectivity index (χ2v) is 14.0. The first kappa shape index (κ1) is 28.5. The number of carbonyl (C=O) groups is 1. The zero-order valence-corrected chi connectivity index (χ0v) is 25.3. The van der Waals surface area contributed by atoms with Crippen LogP contribution < -0.4 is 5.56 Å². The number of hydrogen-bond acceptors (Lipinski definition) is 6.